The van der Waals surface area contributed by atoms with E-state index < -0.39 is 10.4 Å². The van der Waals surface area contributed by atoms with Crippen LogP contribution in [0.5, 0.6) is 0 Å². The first kappa shape index (κ1) is 16.2. The van der Waals surface area contributed by atoms with Crippen LogP contribution in [-0.4, -0.2) is 53.4 Å². The van der Waals surface area contributed by atoms with E-state index in [0.29, 0.717) is 0 Å². The predicted octanol–water partition coefficient (Wildman–Crippen LogP) is 0.198. The van der Waals surface area contributed by atoms with Crippen LogP contribution < -0.4 is 0 Å². The van der Waals surface area contributed by atoms with Crippen molar-refractivity contribution in [1.82, 2.24) is 0 Å². The van der Waals surface area contributed by atoms with Gasteiger partial charge in [-0.05, 0) is 0 Å². The molecule has 1 rings (SSSR count). The molecule has 0 unspecified atom stereocenters. The number of hydrogen-bond donors (Lipinski definition) is 2. The summed E-state index contributed by atoms with van der Waals surface area (Å²) >= 11 is 0. The van der Waals surface area contributed by atoms with Crippen LogP contribution in [-0.2, 0) is 10.4 Å². The Hall–Kier alpha value is -0.240. The van der Waals surface area contributed by atoms with Crippen molar-refractivity contribution in [1.29, 1.82) is 0 Å². The summed E-state index contributed by atoms with van der Waals surface area (Å²) in [6, 6.07) is 9.10. The van der Waals surface area contributed by atoms with Crippen molar-refractivity contribution in [2.45, 2.75) is 0 Å². The topological polar surface area (TPSA) is 91.7 Å². The molecule has 0 aliphatic carbocycles. The molecule has 0 aliphatic heterocycles. The van der Waals surface area contributed by atoms with Crippen molar-refractivity contribution in [2.75, 3.05) is 0 Å². The second-order valence-corrected chi connectivity index (χ2v) is 2.87. The fourth-order valence-electron chi connectivity index (χ4n) is 0.532. The van der Waals surface area contributed by atoms with Crippen molar-refractivity contribution < 1.29 is 22.3 Å². The van der Waals surface area contributed by atoms with E-state index in [2.05, 4.69) is 0 Å². The van der Waals surface area contributed by atoms with E-state index in [-0.39, 0.29) is 29.6 Å². The Morgan fingerprint density at radius 1 is 1.07 bits per heavy atom. The average Bonchev–Trinajstić information content (AvgIpc) is 2.03. The van der Waals surface area contributed by atoms with E-state index in [1.807, 2.05) is 18.2 Å². The average molecular weight is 228 g/mol. The van der Waals surface area contributed by atoms with Crippen LogP contribution in [0.2, 0.25) is 0 Å². The molecule has 0 atom stereocenters. The first-order chi connectivity index (χ1) is 5.93. The molecule has 0 amide bonds. The van der Waals surface area contributed by atoms with Gasteiger partial charge in [-0.15, -0.1) is 0 Å². The summed E-state index contributed by atoms with van der Waals surface area (Å²) < 4.78 is 31.6. The third kappa shape index (κ3) is 14.3. The molecule has 0 saturated heterocycles. The zero-order valence-electron chi connectivity index (χ0n) is 6.49. The fourth-order valence-corrected chi connectivity index (χ4v) is 0.532. The molecule has 1 aromatic rings. The van der Waals surface area contributed by atoms with Crippen molar-refractivity contribution in [3.63, 3.8) is 0 Å². The van der Waals surface area contributed by atoms with Gasteiger partial charge in [-0.1, -0.05) is 30.3 Å². The molecule has 0 aliphatic rings. The van der Waals surface area contributed by atoms with Crippen LogP contribution in [0, 0.1) is 0 Å². The molecular formula is C7H9NaO5S. The summed E-state index contributed by atoms with van der Waals surface area (Å²) in [6.07, 6.45) is 0.833. The Kier molecular flexibility index (Phi) is 9.37. The molecule has 0 heterocycles. The molecule has 5 nitrogen and oxygen atoms in total. The van der Waals surface area contributed by atoms with Gasteiger partial charge < -0.3 is 0 Å². The zero-order chi connectivity index (χ0) is 10.3. The normalized spacial score (nSPS) is 9.00. The second kappa shape index (κ2) is 8.10. The minimum absolute atomic E-state index is 0. The van der Waals surface area contributed by atoms with Crippen LogP contribution >= 0.6 is 0 Å². The van der Waals surface area contributed by atoms with Crippen LogP contribution in [0.3, 0.4) is 0 Å². The predicted molar refractivity (Wildman–Crippen MR) is 53.2 cm³/mol. The summed E-state index contributed by atoms with van der Waals surface area (Å²) in [5, 5.41) is 0. The standard InChI is InChI=1S/C7H6O.Na.H2O4S.H/c8-6-7-4-2-1-3-5-7;;1-5(2,3)4;/h1-6H;;(H2,1,2,3,4);. The zero-order valence-corrected chi connectivity index (χ0v) is 7.31. The first-order valence-electron chi connectivity index (χ1n) is 3.13. The van der Waals surface area contributed by atoms with Crippen LogP contribution in [0.15, 0.2) is 30.3 Å². The molecule has 0 aromatic heterocycles. The number of rotatable bonds is 1. The van der Waals surface area contributed by atoms with Crippen molar-refractivity contribution in [3.8, 4) is 0 Å². The van der Waals surface area contributed by atoms with E-state index in [9.17, 15) is 4.79 Å². The van der Waals surface area contributed by atoms with Crippen LogP contribution in [0.4, 0.5) is 0 Å². The summed E-state index contributed by atoms with van der Waals surface area (Å²) in [7, 11) is -4.67. The number of hydrogen-bond acceptors (Lipinski definition) is 3. The Bertz CT molecular complexity index is 340. The summed E-state index contributed by atoms with van der Waals surface area (Å²) in [5.41, 5.74) is 0.729. The molecule has 0 fully saturated rings. The van der Waals surface area contributed by atoms with Gasteiger partial charge in [0.15, 0.2) is 0 Å². The Labute approximate surface area is 104 Å². The summed E-state index contributed by atoms with van der Waals surface area (Å²) in [6.45, 7) is 0. The molecule has 0 bridgehead atoms. The monoisotopic (exact) mass is 228 g/mol. The minimum atomic E-state index is -4.67. The van der Waals surface area contributed by atoms with Gasteiger partial charge in [-0.3, -0.25) is 13.9 Å². The molecular weight excluding hydrogens is 219 g/mol. The van der Waals surface area contributed by atoms with Gasteiger partial charge in [0.2, 0.25) is 0 Å². The Morgan fingerprint density at radius 2 is 1.43 bits per heavy atom. The maximum absolute atomic E-state index is 10.0. The second-order valence-electron chi connectivity index (χ2n) is 1.98. The molecule has 74 valence electrons. The quantitative estimate of drug-likeness (QED) is 0.407. The number of benzene rings is 1. The van der Waals surface area contributed by atoms with Crippen molar-refractivity contribution in [3.05, 3.63) is 35.9 Å². The SMILES string of the molecule is O=Cc1ccccc1.O=S(=O)(O)O.[NaH]. The Morgan fingerprint density at radius 3 is 1.64 bits per heavy atom. The van der Waals surface area contributed by atoms with Gasteiger partial charge in [0.1, 0.15) is 6.29 Å². The van der Waals surface area contributed by atoms with Crippen LogP contribution in [0.1, 0.15) is 10.4 Å². The molecule has 1 aromatic carbocycles. The molecule has 0 saturated carbocycles. The number of aldehydes is 1. The Balaban J connectivity index is 0. The molecule has 0 radical (unpaired) electrons. The van der Waals surface area contributed by atoms with Crippen molar-refractivity contribution >= 4 is 46.2 Å². The summed E-state index contributed by atoms with van der Waals surface area (Å²) in [4.78, 5) is 10.0. The van der Waals surface area contributed by atoms with Gasteiger partial charge in [0.25, 0.3) is 0 Å². The number of carbonyl (C=O) groups is 1. The first-order valence-corrected chi connectivity index (χ1v) is 4.53. The van der Waals surface area contributed by atoms with Crippen LogP contribution in [0.25, 0.3) is 0 Å². The van der Waals surface area contributed by atoms with E-state index in [0.717, 1.165) is 11.8 Å². The van der Waals surface area contributed by atoms with Gasteiger partial charge >= 0.3 is 40.0 Å². The molecule has 0 spiro atoms. The third-order valence-corrected chi connectivity index (χ3v) is 0.936. The van der Waals surface area contributed by atoms with Gasteiger partial charge in [-0.2, -0.15) is 8.42 Å². The molecule has 2 N–H and O–H groups in total. The number of carbonyl (C=O) groups excluding carboxylic acids is 1. The third-order valence-electron chi connectivity index (χ3n) is 0.936. The van der Waals surface area contributed by atoms with Gasteiger partial charge in [0.05, 0.1) is 0 Å². The molecule has 7 heteroatoms. The van der Waals surface area contributed by atoms with Crippen molar-refractivity contribution in [2.24, 2.45) is 0 Å². The molecule has 14 heavy (non-hydrogen) atoms. The van der Waals surface area contributed by atoms with E-state index in [1.54, 1.807) is 12.1 Å². The maximum atomic E-state index is 10.0. The van der Waals surface area contributed by atoms with E-state index >= 15 is 0 Å². The van der Waals surface area contributed by atoms with E-state index in [1.165, 1.54) is 0 Å². The fraction of sp³-hybridized carbons (Fsp3) is 0. The van der Waals surface area contributed by atoms with E-state index in [4.69, 9.17) is 17.5 Å². The van der Waals surface area contributed by atoms with Gasteiger partial charge in [-0.25, -0.2) is 0 Å². The van der Waals surface area contributed by atoms with Gasteiger partial charge in [0, 0.05) is 5.56 Å². The summed E-state index contributed by atoms with van der Waals surface area (Å²) in [5.74, 6) is 0.